The maximum Gasteiger partial charge on any atom is 0.222 e. The third kappa shape index (κ3) is 12.2. The summed E-state index contributed by atoms with van der Waals surface area (Å²) in [5.74, 6) is 0.352. The Morgan fingerprint density at radius 1 is 0.684 bits per heavy atom. The molecule has 0 saturated carbocycles. The van der Waals surface area contributed by atoms with Crippen molar-refractivity contribution in [1.29, 1.82) is 0 Å². The molecule has 224 valence electrons. The van der Waals surface area contributed by atoms with Crippen LogP contribution in [0.5, 0.6) is 0 Å². The Labute approximate surface area is 236 Å². The van der Waals surface area contributed by atoms with Gasteiger partial charge in [0, 0.05) is 83.0 Å². The Morgan fingerprint density at radius 3 is 1.82 bits per heavy atom. The van der Waals surface area contributed by atoms with E-state index in [1.54, 1.807) is 0 Å². The molecule has 2 heterocycles. The summed E-state index contributed by atoms with van der Waals surface area (Å²) in [4.78, 5) is 22.6. The number of ether oxygens (including phenoxy) is 1. The summed E-state index contributed by atoms with van der Waals surface area (Å²) >= 11 is 0. The number of rotatable bonds is 13. The fourth-order valence-electron chi connectivity index (χ4n) is 6.31. The predicted octanol–water partition coefficient (Wildman–Crippen LogP) is 5.75. The zero-order valence-corrected chi connectivity index (χ0v) is 27.1. The highest BCUT2D eigenvalue weighted by Crippen LogP contribution is 2.35. The molecule has 2 fully saturated rings. The van der Waals surface area contributed by atoms with E-state index in [-0.39, 0.29) is 16.5 Å². The van der Waals surface area contributed by atoms with Crippen LogP contribution in [0, 0.1) is 10.8 Å². The van der Waals surface area contributed by atoms with E-state index in [4.69, 9.17) is 4.74 Å². The van der Waals surface area contributed by atoms with Crippen LogP contribution in [0.4, 0.5) is 0 Å². The van der Waals surface area contributed by atoms with E-state index in [1.165, 1.54) is 6.42 Å². The van der Waals surface area contributed by atoms with Gasteiger partial charge >= 0.3 is 0 Å². The number of amides is 1. The lowest BCUT2D eigenvalue weighted by molar-refractivity contribution is -0.134. The summed E-state index contributed by atoms with van der Waals surface area (Å²) in [6.07, 6.45) is 6.29. The van der Waals surface area contributed by atoms with E-state index < -0.39 is 0 Å². The van der Waals surface area contributed by atoms with Gasteiger partial charge in [0.05, 0.1) is 6.61 Å². The summed E-state index contributed by atoms with van der Waals surface area (Å²) < 4.78 is 6.11. The average molecular weight is 537 g/mol. The maximum absolute atomic E-state index is 12.7. The van der Waals surface area contributed by atoms with Crippen molar-refractivity contribution in [2.45, 2.75) is 119 Å². The number of unbranched alkanes of at least 4 members (excludes halogenated alkanes) is 1. The minimum atomic E-state index is 0.123. The van der Waals surface area contributed by atoms with Crippen molar-refractivity contribution in [2.24, 2.45) is 10.8 Å². The SMILES string of the molecule is CC(C)(C)CCCCC(=O)N1CCN(C(C)(C)CC(C)(C)CCOCCN2CCN(C(C)(C)C)CC2)CC1. The molecule has 0 aromatic rings. The molecular weight excluding hydrogens is 472 g/mol. The van der Waals surface area contributed by atoms with Gasteiger partial charge < -0.3 is 9.64 Å². The lowest BCUT2D eigenvalue weighted by Gasteiger charge is -2.47. The zero-order chi connectivity index (χ0) is 28.6. The molecule has 0 aromatic heterocycles. The van der Waals surface area contributed by atoms with Crippen molar-refractivity contribution in [3.05, 3.63) is 0 Å². The van der Waals surface area contributed by atoms with Crippen LogP contribution in [-0.4, -0.2) is 109 Å². The quantitative estimate of drug-likeness (QED) is 0.280. The van der Waals surface area contributed by atoms with Crippen molar-refractivity contribution >= 4 is 5.91 Å². The Kier molecular flexibility index (Phi) is 12.6. The molecule has 0 spiro atoms. The van der Waals surface area contributed by atoms with Crippen LogP contribution in [0.1, 0.15) is 108 Å². The highest BCUT2D eigenvalue weighted by molar-refractivity contribution is 5.76. The van der Waals surface area contributed by atoms with E-state index in [9.17, 15) is 4.79 Å². The Balaban J connectivity index is 1.63. The summed E-state index contributed by atoms with van der Waals surface area (Å²) in [5.41, 5.74) is 0.987. The fraction of sp³-hybridized carbons (Fsp3) is 0.969. The molecule has 2 aliphatic heterocycles. The molecule has 0 radical (unpaired) electrons. The Morgan fingerprint density at radius 2 is 1.26 bits per heavy atom. The van der Waals surface area contributed by atoms with Gasteiger partial charge in [-0.25, -0.2) is 0 Å². The van der Waals surface area contributed by atoms with Crippen molar-refractivity contribution < 1.29 is 9.53 Å². The first-order valence-electron chi connectivity index (χ1n) is 15.6. The van der Waals surface area contributed by atoms with Gasteiger partial charge in [-0.2, -0.15) is 0 Å². The topological polar surface area (TPSA) is 39.3 Å². The molecule has 0 aliphatic carbocycles. The van der Waals surface area contributed by atoms with E-state index >= 15 is 0 Å². The standard InChI is InChI=1S/C32H64N4O2/c1-29(2,3)14-12-11-13-28(37)34-18-22-36(23-19-34)32(9,10)27-31(7,8)15-25-38-26-24-33-16-20-35(21-17-33)30(4,5)6/h11-27H2,1-10H3. The Hall–Kier alpha value is -0.690. The molecule has 1 amide bonds. The predicted molar refractivity (Wildman–Crippen MR) is 162 cm³/mol. The van der Waals surface area contributed by atoms with Crippen LogP contribution in [-0.2, 0) is 9.53 Å². The second-order valence-corrected chi connectivity index (χ2v) is 15.7. The van der Waals surface area contributed by atoms with Crippen LogP contribution in [0.3, 0.4) is 0 Å². The first kappa shape index (κ1) is 33.5. The summed E-state index contributed by atoms with van der Waals surface area (Å²) in [6.45, 7) is 34.4. The van der Waals surface area contributed by atoms with E-state index in [0.29, 0.717) is 17.7 Å². The molecule has 2 aliphatic rings. The molecule has 0 atom stereocenters. The van der Waals surface area contributed by atoms with Gasteiger partial charge in [-0.1, -0.05) is 41.0 Å². The monoisotopic (exact) mass is 537 g/mol. The summed E-state index contributed by atoms with van der Waals surface area (Å²) in [6, 6.07) is 0. The third-order valence-corrected chi connectivity index (χ3v) is 8.76. The smallest absolute Gasteiger partial charge is 0.222 e. The molecule has 38 heavy (non-hydrogen) atoms. The molecule has 2 rings (SSSR count). The Bertz CT molecular complexity index is 691. The zero-order valence-electron chi connectivity index (χ0n) is 27.1. The molecule has 0 bridgehead atoms. The van der Waals surface area contributed by atoms with Crippen LogP contribution in [0.2, 0.25) is 0 Å². The number of piperazine rings is 2. The molecule has 0 N–H and O–H groups in total. The van der Waals surface area contributed by atoms with Gasteiger partial charge in [-0.15, -0.1) is 0 Å². The minimum Gasteiger partial charge on any atom is -0.380 e. The van der Waals surface area contributed by atoms with Gasteiger partial charge in [-0.3, -0.25) is 19.5 Å². The minimum absolute atomic E-state index is 0.123. The molecule has 0 aromatic carbocycles. The van der Waals surface area contributed by atoms with Gasteiger partial charge in [0.2, 0.25) is 5.91 Å². The first-order chi connectivity index (χ1) is 17.5. The average Bonchev–Trinajstić information content (AvgIpc) is 2.80. The van der Waals surface area contributed by atoms with Crippen LogP contribution in [0.15, 0.2) is 0 Å². The number of nitrogens with zero attached hydrogens (tertiary/aromatic N) is 4. The van der Waals surface area contributed by atoms with Crippen LogP contribution in [0.25, 0.3) is 0 Å². The van der Waals surface area contributed by atoms with Gasteiger partial charge in [0.1, 0.15) is 0 Å². The number of hydrogen-bond donors (Lipinski definition) is 0. The van der Waals surface area contributed by atoms with E-state index in [1.807, 2.05) is 0 Å². The van der Waals surface area contributed by atoms with Gasteiger partial charge in [-0.05, 0) is 71.1 Å². The third-order valence-electron chi connectivity index (χ3n) is 8.76. The second kappa shape index (κ2) is 14.3. The number of carbonyl (C=O) groups is 1. The number of hydrogen-bond acceptors (Lipinski definition) is 5. The molecule has 6 heteroatoms. The molecule has 6 nitrogen and oxygen atoms in total. The van der Waals surface area contributed by atoms with Gasteiger partial charge in [0.15, 0.2) is 0 Å². The molecule has 2 saturated heterocycles. The second-order valence-electron chi connectivity index (χ2n) is 15.7. The summed E-state index contributed by atoms with van der Waals surface area (Å²) in [5, 5.41) is 0. The van der Waals surface area contributed by atoms with Crippen molar-refractivity contribution in [1.82, 2.24) is 19.6 Å². The highest BCUT2D eigenvalue weighted by Gasteiger charge is 2.36. The molecular formula is C32H64N4O2. The van der Waals surface area contributed by atoms with Gasteiger partial charge in [0.25, 0.3) is 0 Å². The highest BCUT2D eigenvalue weighted by atomic mass is 16.5. The van der Waals surface area contributed by atoms with E-state index in [0.717, 1.165) is 97.8 Å². The van der Waals surface area contributed by atoms with Crippen molar-refractivity contribution in [2.75, 3.05) is 72.1 Å². The normalized spacial score (nSPS) is 19.8. The number of carbonyl (C=O) groups excluding carboxylic acids is 1. The lowest BCUT2D eigenvalue weighted by Crippen LogP contribution is -2.56. The lowest BCUT2D eigenvalue weighted by atomic mass is 9.77. The van der Waals surface area contributed by atoms with Crippen molar-refractivity contribution in [3.8, 4) is 0 Å². The summed E-state index contributed by atoms with van der Waals surface area (Å²) in [7, 11) is 0. The molecule has 0 unspecified atom stereocenters. The van der Waals surface area contributed by atoms with Crippen LogP contribution >= 0.6 is 0 Å². The fourth-order valence-corrected chi connectivity index (χ4v) is 6.31. The maximum atomic E-state index is 12.7. The van der Waals surface area contributed by atoms with E-state index in [2.05, 4.69) is 88.8 Å². The van der Waals surface area contributed by atoms with Crippen molar-refractivity contribution in [3.63, 3.8) is 0 Å². The first-order valence-corrected chi connectivity index (χ1v) is 15.6. The van der Waals surface area contributed by atoms with Crippen LogP contribution < -0.4 is 0 Å². The largest absolute Gasteiger partial charge is 0.380 e.